The van der Waals surface area contributed by atoms with Gasteiger partial charge in [-0.1, -0.05) is 107 Å². The number of nitrogens with one attached hydrogen (secondary N) is 4. The van der Waals surface area contributed by atoms with Crippen LogP contribution >= 0.6 is 0 Å². The summed E-state index contributed by atoms with van der Waals surface area (Å²) < 4.78 is 0. The van der Waals surface area contributed by atoms with Gasteiger partial charge in [0, 0.05) is 45.6 Å². The van der Waals surface area contributed by atoms with E-state index in [4.69, 9.17) is 0 Å². The number of fused-ring (bicyclic) bond motifs is 8. The van der Waals surface area contributed by atoms with Gasteiger partial charge in [-0.25, -0.2) is 0 Å². The highest BCUT2D eigenvalue weighted by Crippen LogP contribution is 2.49. The van der Waals surface area contributed by atoms with Gasteiger partial charge in [-0.3, -0.25) is 0 Å². The summed E-state index contributed by atoms with van der Waals surface area (Å²) >= 11 is 0. The van der Waals surface area contributed by atoms with Gasteiger partial charge < -0.3 is 19.9 Å². The van der Waals surface area contributed by atoms with Crippen LogP contribution < -0.4 is 0 Å². The Bertz CT molecular complexity index is 1220. The zero-order chi connectivity index (χ0) is 34.4. The second-order valence-corrected chi connectivity index (χ2v) is 15.5. The van der Waals surface area contributed by atoms with Gasteiger partial charge in [-0.2, -0.15) is 0 Å². The fourth-order valence-corrected chi connectivity index (χ4v) is 10.5. The highest BCUT2D eigenvalue weighted by atomic mass is 14.9. The van der Waals surface area contributed by atoms with Crippen LogP contribution in [0.1, 0.15) is 204 Å². The number of hydrogen-bond donors (Lipinski definition) is 4. The second-order valence-electron chi connectivity index (χ2n) is 15.5. The molecular formula is C44H68N4. The topological polar surface area (TPSA) is 63.2 Å². The molecule has 1 aliphatic heterocycles. The lowest BCUT2D eigenvalue weighted by atomic mass is 9.73. The Hall–Kier alpha value is -2.88. The van der Waals surface area contributed by atoms with Crippen LogP contribution in [0, 0.1) is 0 Å². The van der Waals surface area contributed by atoms with E-state index in [-0.39, 0.29) is 21.7 Å². The summed E-state index contributed by atoms with van der Waals surface area (Å²) in [6.45, 7) is 18.9. The molecule has 264 valence electrons. The molecule has 0 radical (unpaired) electrons. The number of H-pyrrole nitrogens is 4. The minimum absolute atomic E-state index is 0.0788. The van der Waals surface area contributed by atoms with Crippen molar-refractivity contribution in [3.63, 3.8) is 0 Å². The monoisotopic (exact) mass is 653 g/mol. The van der Waals surface area contributed by atoms with E-state index >= 15 is 0 Å². The molecule has 0 saturated heterocycles. The first kappa shape index (κ1) is 36.4. The lowest BCUT2D eigenvalue weighted by molar-refractivity contribution is 0.374. The Labute approximate surface area is 293 Å². The van der Waals surface area contributed by atoms with Crippen molar-refractivity contribution in [3.8, 4) is 0 Å². The summed E-state index contributed by atoms with van der Waals surface area (Å²) in [6.07, 6.45) is 18.1. The molecule has 0 unspecified atom stereocenters. The maximum atomic E-state index is 4.21. The number of hydrogen-bond acceptors (Lipinski definition) is 0. The first-order chi connectivity index (χ1) is 23.3. The minimum Gasteiger partial charge on any atom is -0.361 e. The highest BCUT2D eigenvalue weighted by molar-refractivity contribution is 5.45. The first-order valence-corrected chi connectivity index (χ1v) is 20.1. The van der Waals surface area contributed by atoms with Crippen LogP contribution in [-0.2, 0) is 21.7 Å². The van der Waals surface area contributed by atoms with Gasteiger partial charge in [-0.05, 0) is 99.9 Å². The van der Waals surface area contributed by atoms with E-state index in [1.54, 1.807) is 0 Å². The fraction of sp³-hybridized carbons (Fsp3) is 0.636. The quantitative estimate of drug-likeness (QED) is 0.0931. The third-order valence-corrected chi connectivity index (χ3v) is 12.3. The Morgan fingerprint density at radius 2 is 0.396 bits per heavy atom. The molecule has 4 heteroatoms. The largest absolute Gasteiger partial charge is 0.361 e. The average molecular weight is 653 g/mol. The Kier molecular flexibility index (Phi) is 11.6. The fourth-order valence-electron chi connectivity index (χ4n) is 10.5. The normalized spacial score (nSPS) is 17.5. The van der Waals surface area contributed by atoms with Crippen LogP contribution in [0.5, 0.6) is 0 Å². The Morgan fingerprint density at radius 3 is 0.500 bits per heavy atom. The van der Waals surface area contributed by atoms with Gasteiger partial charge >= 0.3 is 0 Å². The number of rotatable bonds is 16. The van der Waals surface area contributed by atoms with Crippen LogP contribution in [0.3, 0.4) is 0 Å². The smallest absolute Gasteiger partial charge is 0.0503 e. The molecule has 5 heterocycles. The molecule has 4 N–H and O–H groups in total. The SMILES string of the molecule is CCCC1(CCC)c2ccc([nH]2)C(CCC)(CCC)c2ccc([nH]2)C(CCC)(CCC)c2ccc([nH]2)C(CCC)(CCC)c2ccc1[nH]2. The average Bonchev–Trinajstić information content (AvgIpc) is 3.91. The van der Waals surface area contributed by atoms with E-state index in [0.717, 1.165) is 103 Å². The molecule has 1 aliphatic rings. The lowest BCUT2D eigenvalue weighted by Gasteiger charge is -2.37. The molecular weight excluding hydrogens is 585 g/mol. The maximum Gasteiger partial charge on any atom is 0.0503 e. The first-order valence-electron chi connectivity index (χ1n) is 20.1. The van der Waals surface area contributed by atoms with Gasteiger partial charge in [0.15, 0.2) is 0 Å². The lowest BCUT2D eigenvalue weighted by Crippen LogP contribution is -2.34. The van der Waals surface area contributed by atoms with Crippen LogP contribution in [0.25, 0.3) is 0 Å². The molecule has 4 aromatic heterocycles. The summed E-state index contributed by atoms with van der Waals surface area (Å²) in [6, 6.07) is 19.7. The van der Waals surface area contributed by atoms with E-state index in [1.165, 1.54) is 45.6 Å². The van der Waals surface area contributed by atoms with Crippen molar-refractivity contribution in [2.45, 2.75) is 180 Å². The summed E-state index contributed by atoms with van der Waals surface area (Å²) in [5.74, 6) is 0. The molecule has 8 bridgehead atoms. The number of aromatic amines is 4. The summed E-state index contributed by atoms with van der Waals surface area (Å²) in [5, 5.41) is 0. The van der Waals surface area contributed by atoms with Crippen molar-refractivity contribution in [1.82, 2.24) is 19.9 Å². The molecule has 0 saturated carbocycles. The third kappa shape index (κ3) is 5.98. The molecule has 4 nitrogen and oxygen atoms in total. The molecule has 0 aromatic carbocycles. The summed E-state index contributed by atoms with van der Waals surface area (Å²) in [4.78, 5) is 16.8. The zero-order valence-corrected chi connectivity index (χ0v) is 31.9. The maximum absolute atomic E-state index is 4.21. The molecule has 0 amide bonds. The van der Waals surface area contributed by atoms with E-state index in [9.17, 15) is 0 Å². The molecule has 0 atom stereocenters. The molecule has 0 spiro atoms. The molecule has 4 aromatic rings. The van der Waals surface area contributed by atoms with Crippen LogP contribution in [0.4, 0.5) is 0 Å². The van der Waals surface area contributed by atoms with Gasteiger partial charge in [0.25, 0.3) is 0 Å². The van der Waals surface area contributed by atoms with Crippen molar-refractivity contribution in [3.05, 3.63) is 94.1 Å². The van der Waals surface area contributed by atoms with Gasteiger partial charge in [-0.15, -0.1) is 0 Å². The Morgan fingerprint density at radius 1 is 0.271 bits per heavy atom. The van der Waals surface area contributed by atoms with Crippen molar-refractivity contribution in [2.24, 2.45) is 0 Å². The third-order valence-electron chi connectivity index (χ3n) is 12.3. The van der Waals surface area contributed by atoms with Crippen molar-refractivity contribution in [2.75, 3.05) is 0 Å². The van der Waals surface area contributed by atoms with E-state index in [2.05, 4.69) is 124 Å². The molecule has 48 heavy (non-hydrogen) atoms. The van der Waals surface area contributed by atoms with Crippen molar-refractivity contribution >= 4 is 0 Å². The van der Waals surface area contributed by atoms with Crippen molar-refractivity contribution in [1.29, 1.82) is 0 Å². The van der Waals surface area contributed by atoms with E-state index in [0.29, 0.717) is 0 Å². The summed E-state index contributed by atoms with van der Waals surface area (Å²) in [7, 11) is 0. The van der Waals surface area contributed by atoms with Crippen LogP contribution in [0.2, 0.25) is 0 Å². The molecule has 0 aliphatic carbocycles. The van der Waals surface area contributed by atoms with E-state index in [1.807, 2.05) is 0 Å². The zero-order valence-electron chi connectivity index (χ0n) is 31.9. The second kappa shape index (κ2) is 15.3. The number of aromatic nitrogens is 4. The predicted molar refractivity (Wildman–Crippen MR) is 206 cm³/mol. The Balaban J connectivity index is 1.90. The minimum atomic E-state index is -0.0788. The van der Waals surface area contributed by atoms with Gasteiger partial charge in [0.2, 0.25) is 0 Å². The van der Waals surface area contributed by atoms with Gasteiger partial charge in [0.05, 0.1) is 21.7 Å². The molecule has 5 rings (SSSR count). The van der Waals surface area contributed by atoms with E-state index < -0.39 is 0 Å². The van der Waals surface area contributed by atoms with Crippen molar-refractivity contribution < 1.29 is 0 Å². The molecule has 0 fully saturated rings. The highest BCUT2D eigenvalue weighted by Gasteiger charge is 2.44. The standard InChI is InChI=1S/C44H68N4/c1-9-25-41(26-10-2)33-17-19-35(45-33)42(27-11-3,28-12-4)37-21-23-39(47-37)44(31-15-7,32-16-8)40-24-22-38(48-40)43(29-13-5,30-14-6)36-20-18-34(41)46-36/h17-24,45-48H,9-16,25-32H2,1-8H3. The van der Waals surface area contributed by atoms with Gasteiger partial charge in [0.1, 0.15) is 0 Å². The summed E-state index contributed by atoms with van der Waals surface area (Å²) in [5.41, 5.74) is 10.8. The predicted octanol–water partition coefficient (Wildman–Crippen LogP) is 12.9. The van der Waals surface area contributed by atoms with Crippen LogP contribution in [0.15, 0.2) is 48.5 Å². The van der Waals surface area contributed by atoms with Crippen LogP contribution in [-0.4, -0.2) is 19.9 Å².